The number of nitrogens with zero attached hydrogens (tertiary/aromatic N) is 4. The molecule has 0 radical (unpaired) electrons. The van der Waals surface area contributed by atoms with Gasteiger partial charge in [-0.05, 0) is 24.6 Å². The highest BCUT2D eigenvalue weighted by Crippen LogP contribution is 2.33. The second kappa shape index (κ2) is 8.27. The van der Waals surface area contributed by atoms with Crippen molar-refractivity contribution in [1.29, 1.82) is 0 Å². The standard InChI is InChI=1S/C19H21F3N6O2/c1-10(2)17-25-26-18(30-17)14-8-15(19(20,21)22)27-28(14)13-6-4-5-12(7-13)9-24-16(29)11(3)23/h4-8,10-11H,9,23H2,1-3H3,(H,24,29)/t11-/m0/s1. The lowest BCUT2D eigenvalue weighted by molar-refractivity contribution is -0.141. The minimum atomic E-state index is -4.65. The normalized spacial score (nSPS) is 12.9. The van der Waals surface area contributed by atoms with E-state index in [4.69, 9.17) is 10.2 Å². The summed E-state index contributed by atoms with van der Waals surface area (Å²) in [6.07, 6.45) is -4.65. The van der Waals surface area contributed by atoms with Gasteiger partial charge in [0.15, 0.2) is 5.69 Å². The zero-order valence-electron chi connectivity index (χ0n) is 16.6. The zero-order chi connectivity index (χ0) is 22.1. The van der Waals surface area contributed by atoms with E-state index in [1.165, 1.54) is 0 Å². The van der Waals surface area contributed by atoms with Crippen LogP contribution in [0.2, 0.25) is 0 Å². The highest BCUT2D eigenvalue weighted by atomic mass is 19.4. The Balaban J connectivity index is 2.01. The molecule has 0 bridgehead atoms. The number of alkyl halides is 3. The molecule has 2 aromatic heterocycles. The summed E-state index contributed by atoms with van der Waals surface area (Å²) in [5.41, 5.74) is 5.44. The number of hydrogen-bond acceptors (Lipinski definition) is 6. The maximum Gasteiger partial charge on any atom is 0.435 e. The molecule has 3 aromatic rings. The first-order valence-corrected chi connectivity index (χ1v) is 9.20. The molecule has 8 nitrogen and oxygen atoms in total. The highest BCUT2D eigenvalue weighted by Gasteiger charge is 2.36. The molecule has 3 N–H and O–H groups in total. The first-order valence-electron chi connectivity index (χ1n) is 9.20. The number of halogens is 3. The van der Waals surface area contributed by atoms with Crippen molar-refractivity contribution in [1.82, 2.24) is 25.3 Å². The number of nitrogens with two attached hydrogens (primary N) is 1. The maximum absolute atomic E-state index is 13.3. The molecular formula is C19H21F3N6O2. The van der Waals surface area contributed by atoms with Crippen molar-refractivity contribution in [3.63, 3.8) is 0 Å². The summed E-state index contributed by atoms with van der Waals surface area (Å²) in [6.45, 7) is 5.37. The van der Waals surface area contributed by atoms with Gasteiger partial charge in [-0.15, -0.1) is 10.2 Å². The first-order chi connectivity index (χ1) is 14.1. The lowest BCUT2D eigenvalue weighted by Gasteiger charge is -2.10. The Bertz CT molecular complexity index is 1040. The molecule has 0 aliphatic rings. The van der Waals surface area contributed by atoms with Gasteiger partial charge >= 0.3 is 6.18 Å². The van der Waals surface area contributed by atoms with Crippen LogP contribution in [0.15, 0.2) is 34.7 Å². The number of aromatic nitrogens is 4. The quantitative estimate of drug-likeness (QED) is 0.632. The van der Waals surface area contributed by atoms with E-state index in [0.29, 0.717) is 17.1 Å². The van der Waals surface area contributed by atoms with Gasteiger partial charge in [-0.3, -0.25) is 4.79 Å². The summed E-state index contributed by atoms with van der Waals surface area (Å²) in [4.78, 5) is 11.7. The monoisotopic (exact) mass is 422 g/mol. The van der Waals surface area contributed by atoms with Gasteiger partial charge in [0, 0.05) is 18.5 Å². The van der Waals surface area contributed by atoms with E-state index in [9.17, 15) is 18.0 Å². The summed E-state index contributed by atoms with van der Waals surface area (Å²) in [7, 11) is 0. The topological polar surface area (TPSA) is 112 Å². The van der Waals surface area contributed by atoms with Gasteiger partial charge in [-0.2, -0.15) is 18.3 Å². The fraction of sp³-hybridized carbons (Fsp3) is 0.368. The van der Waals surface area contributed by atoms with Gasteiger partial charge < -0.3 is 15.5 Å². The van der Waals surface area contributed by atoms with Gasteiger partial charge in [0.05, 0.1) is 11.7 Å². The Labute approximate surface area is 170 Å². The zero-order valence-corrected chi connectivity index (χ0v) is 16.6. The summed E-state index contributed by atoms with van der Waals surface area (Å²) >= 11 is 0. The number of hydrogen-bond donors (Lipinski definition) is 2. The molecule has 0 spiro atoms. The van der Waals surface area contributed by atoms with Crippen molar-refractivity contribution in [3.05, 3.63) is 47.5 Å². The molecule has 2 heterocycles. The number of amides is 1. The predicted octanol–water partition coefficient (Wildman–Crippen LogP) is 3.03. The Morgan fingerprint density at radius 1 is 1.23 bits per heavy atom. The van der Waals surface area contributed by atoms with Crippen LogP contribution in [0.4, 0.5) is 13.2 Å². The summed E-state index contributed by atoms with van der Waals surface area (Å²) in [6, 6.07) is 6.76. The van der Waals surface area contributed by atoms with Crippen molar-refractivity contribution in [2.45, 2.75) is 45.5 Å². The van der Waals surface area contributed by atoms with Crippen molar-refractivity contribution in [2.75, 3.05) is 0 Å². The molecule has 160 valence electrons. The number of rotatable bonds is 6. The van der Waals surface area contributed by atoms with Gasteiger partial charge in [-0.25, -0.2) is 4.68 Å². The average molecular weight is 422 g/mol. The summed E-state index contributed by atoms with van der Waals surface area (Å²) in [5, 5.41) is 14.1. The minimum Gasteiger partial charge on any atom is -0.419 e. The third kappa shape index (κ3) is 4.67. The molecule has 30 heavy (non-hydrogen) atoms. The molecule has 0 unspecified atom stereocenters. The third-order valence-electron chi connectivity index (χ3n) is 4.19. The van der Waals surface area contributed by atoms with E-state index in [1.54, 1.807) is 31.2 Å². The van der Waals surface area contributed by atoms with Crippen molar-refractivity contribution < 1.29 is 22.4 Å². The van der Waals surface area contributed by atoms with E-state index in [2.05, 4.69) is 20.6 Å². The van der Waals surface area contributed by atoms with E-state index in [0.717, 1.165) is 10.7 Å². The molecule has 0 fully saturated rings. The summed E-state index contributed by atoms with van der Waals surface area (Å²) < 4.78 is 46.6. The Morgan fingerprint density at radius 2 is 1.97 bits per heavy atom. The van der Waals surface area contributed by atoms with Crippen molar-refractivity contribution in [2.24, 2.45) is 5.73 Å². The molecule has 3 rings (SSSR count). The predicted molar refractivity (Wildman–Crippen MR) is 101 cm³/mol. The van der Waals surface area contributed by atoms with Crippen molar-refractivity contribution in [3.8, 4) is 17.3 Å². The largest absolute Gasteiger partial charge is 0.435 e. The van der Waals surface area contributed by atoms with Gasteiger partial charge in [-0.1, -0.05) is 26.0 Å². The SMILES string of the molecule is CC(C)c1nnc(-c2cc(C(F)(F)F)nn2-c2cccc(CNC(=O)[C@H](C)N)c2)o1. The molecule has 0 aliphatic heterocycles. The van der Waals surface area contributed by atoms with Gasteiger partial charge in [0.2, 0.25) is 11.8 Å². The lowest BCUT2D eigenvalue weighted by Crippen LogP contribution is -2.37. The molecule has 0 aliphatic carbocycles. The Morgan fingerprint density at radius 3 is 2.57 bits per heavy atom. The fourth-order valence-corrected chi connectivity index (χ4v) is 2.59. The van der Waals surface area contributed by atoms with E-state index in [-0.39, 0.29) is 30.0 Å². The Kier molecular flexibility index (Phi) is 5.92. The molecule has 0 saturated heterocycles. The van der Waals surface area contributed by atoms with E-state index >= 15 is 0 Å². The average Bonchev–Trinajstić information content (AvgIpc) is 3.32. The minimum absolute atomic E-state index is 0.0125. The van der Waals surface area contributed by atoms with Crippen LogP contribution in [0.1, 0.15) is 43.8 Å². The summed E-state index contributed by atoms with van der Waals surface area (Å²) in [5.74, 6) is -0.191. The smallest absolute Gasteiger partial charge is 0.419 e. The van der Waals surface area contributed by atoms with Crippen LogP contribution in [0, 0.1) is 0 Å². The van der Waals surface area contributed by atoms with E-state index < -0.39 is 17.9 Å². The molecule has 0 saturated carbocycles. The van der Waals surface area contributed by atoms with Crippen molar-refractivity contribution >= 4 is 5.91 Å². The fourth-order valence-electron chi connectivity index (χ4n) is 2.59. The highest BCUT2D eigenvalue weighted by molar-refractivity contribution is 5.80. The van der Waals surface area contributed by atoms with Crippen LogP contribution in [0.25, 0.3) is 17.3 Å². The van der Waals surface area contributed by atoms with Gasteiger partial charge in [0.1, 0.15) is 5.69 Å². The van der Waals surface area contributed by atoms with Crippen LogP contribution in [0.5, 0.6) is 0 Å². The number of carbonyl (C=O) groups excluding carboxylic acids is 1. The number of nitrogens with one attached hydrogen (secondary N) is 1. The second-order valence-corrected chi connectivity index (χ2v) is 7.10. The van der Waals surface area contributed by atoms with Crippen LogP contribution in [-0.2, 0) is 17.5 Å². The number of carbonyl (C=O) groups is 1. The molecule has 1 atom stereocenters. The van der Waals surface area contributed by atoms with Crippen LogP contribution in [-0.4, -0.2) is 31.9 Å². The third-order valence-corrected chi connectivity index (χ3v) is 4.19. The van der Waals surface area contributed by atoms with Crippen LogP contribution in [0.3, 0.4) is 0 Å². The second-order valence-electron chi connectivity index (χ2n) is 7.10. The molecule has 11 heteroatoms. The van der Waals surface area contributed by atoms with Crippen LogP contribution < -0.4 is 11.1 Å². The molecule has 1 aromatic carbocycles. The number of benzene rings is 1. The molecule has 1 amide bonds. The van der Waals surface area contributed by atoms with Crippen LogP contribution >= 0.6 is 0 Å². The first kappa shape index (κ1) is 21.5. The molecular weight excluding hydrogens is 401 g/mol. The maximum atomic E-state index is 13.3. The Hall–Kier alpha value is -3.21. The van der Waals surface area contributed by atoms with Gasteiger partial charge in [0.25, 0.3) is 5.89 Å². The lowest BCUT2D eigenvalue weighted by atomic mass is 10.2. The van der Waals surface area contributed by atoms with E-state index in [1.807, 2.05) is 13.8 Å².